The Hall–Kier alpha value is -1.32. The van der Waals surface area contributed by atoms with E-state index in [4.69, 9.17) is 0 Å². The molecule has 4 heteroatoms. The van der Waals surface area contributed by atoms with Crippen LogP contribution in [-0.2, 0) is 15.1 Å². The molecular weight excluding hydrogens is 156 g/mol. The fraction of sp³-hybridized carbons (Fsp3) is 0.500. The lowest BCUT2D eigenvalue weighted by atomic mass is 10.1. The minimum absolute atomic E-state index is 0.277. The number of imidazole rings is 1. The van der Waals surface area contributed by atoms with Gasteiger partial charge in [-0.15, -0.1) is 0 Å². The Morgan fingerprint density at radius 1 is 1.58 bits per heavy atom. The highest BCUT2D eigenvalue weighted by Gasteiger charge is 2.29. The number of carbonyl (C=O) groups excluding carboxylic acids is 1. The van der Waals surface area contributed by atoms with Crippen molar-refractivity contribution in [3.05, 3.63) is 18.7 Å². The first-order valence-corrected chi connectivity index (χ1v) is 3.66. The SMILES string of the molecule is COC(=O)C(C)(C)n1ccnc1. The largest absolute Gasteiger partial charge is 0.467 e. The molecule has 0 aliphatic carbocycles. The van der Waals surface area contributed by atoms with Crippen LogP contribution in [0.25, 0.3) is 0 Å². The zero-order valence-electron chi connectivity index (χ0n) is 7.44. The van der Waals surface area contributed by atoms with Crippen molar-refractivity contribution in [2.75, 3.05) is 7.11 Å². The molecule has 0 bridgehead atoms. The van der Waals surface area contributed by atoms with E-state index in [2.05, 4.69) is 9.72 Å². The van der Waals surface area contributed by atoms with E-state index in [9.17, 15) is 4.79 Å². The van der Waals surface area contributed by atoms with Crippen LogP contribution in [0.15, 0.2) is 18.7 Å². The van der Waals surface area contributed by atoms with Crippen molar-refractivity contribution in [1.82, 2.24) is 9.55 Å². The fourth-order valence-corrected chi connectivity index (χ4v) is 0.945. The summed E-state index contributed by atoms with van der Waals surface area (Å²) in [5.74, 6) is -0.277. The maximum atomic E-state index is 11.3. The summed E-state index contributed by atoms with van der Waals surface area (Å²) < 4.78 is 6.36. The molecule has 1 aromatic rings. The molecule has 1 aromatic heterocycles. The van der Waals surface area contributed by atoms with Crippen LogP contribution < -0.4 is 0 Å². The normalized spacial score (nSPS) is 11.2. The van der Waals surface area contributed by atoms with Crippen molar-refractivity contribution in [3.8, 4) is 0 Å². The molecule has 0 unspecified atom stereocenters. The number of carbonyl (C=O) groups is 1. The van der Waals surface area contributed by atoms with E-state index in [1.807, 2.05) is 0 Å². The van der Waals surface area contributed by atoms with Gasteiger partial charge in [0, 0.05) is 12.4 Å². The van der Waals surface area contributed by atoms with Gasteiger partial charge >= 0.3 is 5.97 Å². The third-order valence-electron chi connectivity index (χ3n) is 1.83. The second-order valence-electron chi connectivity index (χ2n) is 3.02. The lowest BCUT2D eigenvalue weighted by Gasteiger charge is -2.22. The van der Waals surface area contributed by atoms with Gasteiger partial charge in [0.1, 0.15) is 5.54 Å². The van der Waals surface area contributed by atoms with Crippen molar-refractivity contribution < 1.29 is 9.53 Å². The Bertz CT molecular complexity index is 265. The second-order valence-corrected chi connectivity index (χ2v) is 3.02. The third-order valence-corrected chi connectivity index (χ3v) is 1.83. The van der Waals surface area contributed by atoms with Gasteiger partial charge in [-0.3, -0.25) is 0 Å². The Kier molecular flexibility index (Phi) is 2.17. The third kappa shape index (κ3) is 1.32. The Labute approximate surface area is 71.2 Å². The molecule has 0 spiro atoms. The van der Waals surface area contributed by atoms with Crippen molar-refractivity contribution >= 4 is 5.97 Å². The average molecular weight is 168 g/mol. The van der Waals surface area contributed by atoms with Crippen LogP contribution in [-0.4, -0.2) is 22.6 Å². The van der Waals surface area contributed by atoms with E-state index in [1.165, 1.54) is 7.11 Å². The summed E-state index contributed by atoms with van der Waals surface area (Å²) >= 11 is 0. The predicted octanol–water partition coefficient (Wildman–Crippen LogP) is 0.791. The highest BCUT2D eigenvalue weighted by molar-refractivity contribution is 5.77. The molecule has 0 saturated carbocycles. The minimum atomic E-state index is -0.675. The molecule has 12 heavy (non-hydrogen) atoms. The van der Waals surface area contributed by atoms with Crippen LogP contribution in [0.5, 0.6) is 0 Å². The molecule has 0 amide bonds. The highest BCUT2D eigenvalue weighted by Crippen LogP contribution is 2.15. The lowest BCUT2D eigenvalue weighted by molar-refractivity contribution is -0.149. The van der Waals surface area contributed by atoms with E-state index in [0.29, 0.717) is 0 Å². The van der Waals surface area contributed by atoms with Gasteiger partial charge in [-0.2, -0.15) is 0 Å². The smallest absolute Gasteiger partial charge is 0.331 e. The standard InChI is InChI=1S/C8H12N2O2/c1-8(2,7(11)12-3)10-5-4-9-6-10/h4-6H,1-3H3. The summed E-state index contributed by atoms with van der Waals surface area (Å²) in [6, 6.07) is 0. The van der Waals surface area contributed by atoms with Crippen LogP contribution in [0.2, 0.25) is 0 Å². The van der Waals surface area contributed by atoms with Crippen molar-refractivity contribution in [3.63, 3.8) is 0 Å². The lowest BCUT2D eigenvalue weighted by Crippen LogP contribution is -2.35. The maximum Gasteiger partial charge on any atom is 0.331 e. The molecule has 0 atom stereocenters. The van der Waals surface area contributed by atoms with Crippen LogP contribution in [0.3, 0.4) is 0 Å². The first kappa shape index (κ1) is 8.77. The summed E-state index contributed by atoms with van der Waals surface area (Å²) in [6.07, 6.45) is 4.96. The summed E-state index contributed by atoms with van der Waals surface area (Å²) in [7, 11) is 1.38. The number of nitrogens with zero attached hydrogens (tertiary/aromatic N) is 2. The minimum Gasteiger partial charge on any atom is -0.467 e. The van der Waals surface area contributed by atoms with E-state index in [0.717, 1.165) is 0 Å². The highest BCUT2D eigenvalue weighted by atomic mass is 16.5. The molecule has 0 aliphatic rings. The number of ether oxygens (including phenoxy) is 1. The number of hydrogen-bond acceptors (Lipinski definition) is 3. The zero-order chi connectivity index (χ0) is 9.19. The quantitative estimate of drug-likeness (QED) is 0.613. The molecule has 1 heterocycles. The Balaban J connectivity index is 2.93. The van der Waals surface area contributed by atoms with Gasteiger partial charge in [-0.1, -0.05) is 0 Å². The summed E-state index contributed by atoms with van der Waals surface area (Å²) in [4.78, 5) is 15.1. The predicted molar refractivity (Wildman–Crippen MR) is 43.6 cm³/mol. The maximum absolute atomic E-state index is 11.3. The van der Waals surface area contributed by atoms with Crippen molar-refractivity contribution in [1.29, 1.82) is 0 Å². The van der Waals surface area contributed by atoms with Crippen molar-refractivity contribution in [2.45, 2.75) is 19.4 Å². The van der Waals surface area contributed by atoms with Gasteiger partial charge < -0.3 is 9.30 Å². The van der Waals surface area contributed by atoms with Crippen LogP contribution in [0.4, 0.5) is 0 Å². The van der Waals surface area contributed by atoms with E-state index in [-0.39, 0.29) is 5.97 Å². The van der Waals surface area contributed by atoms with Crippen LogP contribution >= 0.6 is 0 Å². The number of aromatic nitrogens is 2. The van der Waals surface area contributed by atoms with E-state index < -0.39 is 5.54 Å². The van der Waals surface area contributed by atoms with E-state index in [1.54, 1.807) is 37.1 Å². The summed E-state index contributed by atoms with van der Waals surface area (Å²) in [5.41, 5.74) is -0.675. The van der Waals surface area contributed by atoms with E-state index >= 15 is 0 Å². The van der Waals surface area contributed by atoms with Gasteiger partial charge in [0.15, 0.2) is 0 Å². The number of rotatable bonds is 2. The molecular formula is C8H12N2O2. The van der Waals surface area contributed by atoms with Gasteiger partial charge in [0.25, 0.3) is 0 Å². The van der Waals surface area contributed by atoms with Crippen LogP contribution in [0.1, 0.15) is 13.8 Å². The molecule has 1 rings (SSSR count). The molecule has 0 fully saturated rings. The molecule has 0 radical (unpaired) electrons. The summed E-state index contributed by atoms with van der Waals surface area (Å²) in [6.45, 7) is 3.56. The molecule has 0 saturated heterocycles. The molecule has 0 aliphatic heterocycles. The monoisotopic (exact) mass is 168 g/mol. The number of methoxy groups -OCH3 is 1. The number of esters is 1. The molecule has 0 N–H and O–H groups in total. The number of hydrogen-bond donors (Lipinski definition) is 0. The first-order valence-electron chi connectivity index (χ1n) is 3.66. The van der Waals surface area contributed by atoms with Gasteiger partial charge in [0.05, 0.1) is 13.4 Å². The Morgan fingerprint density at radius 3 is 2.67 bits per heavy atom. The van der Waals surface area contributed by atoms with Gasteiger partial charge in [-0.25, -0.2) is 9.78 Å². The average Bonchev–Trinajstić information content (AvgIpc) is 2.55. The van der Waals surface area contributed by atoms with Crippen LogP contribution in [0, 0.1) is 0 Å². The second kappa shape index (κ2) is 2.97. The topological polar surface area (TPSA) is 44.1 Å². The zero-order valence-corrected chi connectivity index (χ0v) is 7.44. The van der Waals surface area contributed by atoms with Gasteiger partial charge in [0.2, 0.25) is 0 Å². The Morgan fingerprint density at radius 2 is 2.25 bits per heavy atom. The molecule has 66 valence electrons. The fourth-order valence-electron chi connectivity index (χ4n) is 0.945. The first-order chi connectivity index (χ1) is 5.59. The molecule has 4 nitrogen and oxygen atoms in total. The van der Waals surface area contributed by atoms with Gasteiger partial charge in [-0.05, 0) is 13.8 Å². The van der Waals surface area contributed by atoms with Crippen molar-refractivity contribution in [2.24, 2.45) is 0 Å². The molecule has 0 aromatic carbocycles. The summed E-state index contributed by atoms with van der Waals surface area (Å²) in [5, 5.41) is 0.